The Morgan fingerprint density at radius 3 is 2.71 bits per heavy atom. The molecule has 0 radical (unpaired) electrons. The summed E-state index contributed by atoms with van der Waals surface area (Å²) in [6.45, 7) is 0.574. The highest BCUT2D eigenvalue weighted by atomic mass is 32.1. The molecular formula is C20H15N7S. The average Bonchev–Trinajstić information content (AvgIpc) is 3.41. The van der Waals surface area contributed by atoms with Crippen LogP contribution in [0.2, 0.25) is 0 Å². The van der Waals surface area contributed by atoms with Crippen LogP contribution in [0.5, 0.6) is 0 Å². The van der Waals surface area contributed by atoms with Gasteiger partial charge in [0.2, 0.25) is 0 Å². The average molecular weight is 385 g/mol. The lowest BCUT2D eigenvalue weighted by Gasteiger charge is -2.05. The van der Waals surface area contributed by atoms with E-state index in [1.54, 1.807) is 36.3 Å². The second kappa shape index (κ2) is 7.16. The van der Waals surface area contributed by atoms with Gasteiger partial charge >= 0.3 is 0 Å². The van der Waals surface area contributed by atoms with E-state index >= 15 is 0 Å². The van der Waals surface area contributed by atoms with Gasteiger partial charge in [-0.2, -0.15) is 5.10 Å². The van der Waals surface area contributed by atoms with Gasteiger partial charge in [0.1, 0.15) is 17.2 Å². The van der Waals surface area contributed by atoms with Gasteiger partial charge in [0.15, 0.2) is 5.65 Å². The number of fused-ring (bicyclic) bond motifs is 1. The van der Waals surface area contributed by atoms with Crippen molar-refractivity contribution >= 4 is 28.2 Å². The van der Waals surface area contributed by atoms with E-state index in [0.29, 0.717) is 6.54 Å². The topological polar surface area (TPSA) is 81.4 Å². The van der Waals surface area contributed by atoms with Gasteiger partial charge in [-0.3, -0.25) is 4.98 Å². The van der Waals surface area contributed by atoms with Crippen molar-refractivity contribution in [2.24, 2.45) is 0 Å². The number of nitrogens with zero attached hydrogens (tertiary/aromatic N) is 6. The first-order chi connectivity index (χ1) is 13.9. The number of aromatic nitrogens is 6. The van der Waals surface area contributed by atoms with Gasteiger partial charge in [-0.25, -0.2) is 19.6 Å². The lowest BCUT2D eigenvalue weighted by Crippen LogP contribution is -2.03. The number of anilines is 1. The number of para-hydroxylation sites is 1. The summed E-state index contributed by atoms with van der Waals surface area (Å²) in [5, 5.41) is 11.7. The molecule has 0 bridgehead atoms. The van der Waals surface area contributed by atoms with Crippen LogP contribution in [0.15, 0.2) is 72.8 Å². The second-order valence-electron chi connectivity index (χ2n) is 6.08. The minimum absolute atomic E-state index is 0.574. The maximum Gasteiger partial charge on any atom is 0.168 e. The molecule has 7 nitrogen and oxygen atoms in total. The zero-order chi connectivity index (χ0) is 18.8. The Hall–Kier alpha value is -3.65. The van der Waals surface area contributed by atoms with E-state index in [4.69, 9.17) is 4.98 Å². The first kappa shape index (κ1) is 16.5. The first-order valence-corrected chi connectivity index (χ1v) is 9.59. The first-order valence-electron chi connectivity index (χ1n) is 8.71. The fraction of sp³-hybridized carbons (Fsp3) is 0.0500. The summed E-state index contributed by atoms with van der Waals surface area (Å²) < 4.78 is 1.81. The molecule has 8 heteroatoms. The van der Waals surface area contributed by atoms with Crippen molar-refractivity contribution in [3.8, 4) is 16.3 Å². The van der Waals surface area contributed by atoms with Crippen molar-refractivity contribution in [3.63, 3.8) is 0 Å². The molecule has 1 aromatic carbocycles. The number of hydrogen-bond acceptors (Lipinski definition) is 7. The number of pyridine rings is 1. The summed E-state index contributed by atoms with van der Waals surface area (Å²) in [6, 6.07) is 13.8. The van der Waals surface area contributed by atoms with Crippen LogP contribution in [0, 0.1) is 0 Å². The van der Waals surface area contributed by atoms with Crippen LogP contribution in [-0.2, 0) is 6.54 Å². The molecule has 0 aliphatic heterocycles. The van der Waals surface area contributed by atoms with Gasteiger partial charge in [-0.15, -0.1) is 11.3 Å². The summed E-state index contributed by atoms with van der Waals surface area (Å²) in [7, 11) is 0. The van der Waals surface area contributed by atoms with E-state index < -0.39 is 0 Å². The highest BCUT2D eigenvalue weighted by Gasteiger charge is 2.11. The van der Waals surface area contributed by atoms with Crippen LogP contribution in [0.25, 0.3) is 27.3 Å². The Balaban J connectivity index is 1.39. The number of hydrogen-bond donors (Lipinski definition) is 1. The van der Waals surface area contributed by atoms with E-state index in [1.807, 2.05) is 47.1 Å². The van der Waals surface area contributed by atoms with Crippen molar-refractivity contribution in [1.29, 1.82) is 0 Å². The van der Waals surface area contributed by atoms with Gasteiger partial charge in [0.25, 0.3) is 0 Å². The molecule has 4 heterocycles. The molecule has 136 valence electrons. The molecule has 5 aromatic rings. The standard InChI is InChI=1S/C20H15N7S/c1-2-4-16(5-3-1)27-19-17(11-25-27)18(23-13-24-19)22-10-15-12-28-20(26-15)14-6-8-21-9-7-14/h1-9,11-13H,10H2,(H,22,23,24). The Morgan fingerprint density at radius 2 is 1.86 bits per heavy atom. The Kier molecular flexibility index (Phi) is 4.23. The third kappa shape index (κ3) is 3.10. The molecule has 0 unspecified atom stereocenters. The fourth-order valence-corrected chi connectivity index (χ4v) is 3.76. The molecule has 0 aliphatic rings. The zero-order valence-electron chi connectivity index (χ0n) is 14.7. The summed E-state index contributed by atoms with van der Waals surface area (Å²) in [5.41, 5.74) is 3.75. The third-order valence-electron chi connectivity index (χ3n) is 4.28. The minimum Gasteiger partial charge on any atom is -0.364 e. The summed E-state index contributed by atoms with van der Waals surface area (Å²) in [4.78, 5) is 17.5. The van der Waals surface area contributed by atoms with Gasteiger partial charge in [-0.05, 0) is 24.3 Å². The molecule has 5 rings (SSSR count). The molecule has 0 fully saturated rings. The second-order valence-corrected chi connectivity index (χ2v) is 6.94. The number of nitrogens with one attached hydrogen (secondary N) is 1. The smallest absolute Gasteiger partial charge is 0.168 e. The number of thiazole rings is 1. The van der Waals surface area contributed by atoms with Crippen LogP contribution in [-0.4, -0.2) is 29.7 Å². The summed E-state index contributed by atoms with van der Waals surface area (Å²) >= 11 is 1.61. The SMILES string of the molecule is c1ccc(-n2ncc3c(NCc4csc(-c5ccncc5)n4)ncnc32)cc1. The van der Waals surface area contributed by atoms with E-state index in [2.05, 4.69) is 30.7 Å². The quantitative estimate of drug-likeness (QED) is 0.493. The number of rotatable bonds is 5. The van der Waals surface area contributed by atoms with Crippen molar-refractivity contribution in [1.82, 2.24) is 29.7 Å². The molecule has 0 spiro atoms. The van der Waals surface area contributed by atoms with Crippen LogP contribution in [0.4, 0.5) is 5.82 Å². The number of benzene rings is 1. The Bertz CT molecular complexity index is 1220. The van der Waals surface area contributed by atoms with Gasteiger partial charge < -0.3 is 5.32 Å². The van der Waals surface area contributed by atoms with Crippen molar-refractivity contribution in [2.45, 2.75) is 6.54 Å². The molecule has 1 N–H and O–H groups in total. The van der Waals surface area contributed by atoms with Crippen molar-refractivity contribution < 1.29 is 0 Å². The third-order valence-corrected chi connectivity index (χ3v) is 5.22. The minimum atomic E-state index is 0.574. The predicted molar refractivity (Wildman–Crippen MR) is 109 cm³/mol. The van der Waals surface area contributed by atoms with E-state index in [9.17, 15) is 0 Å². The molecular weight excluding hydrogens is 370 g/mol. The fourth-order valence-electron chi connectivity index (χ4n) is 2.93. The molecule has 0 saturated heterocycles. The zero-order valence-corrected chi connectivity index (χ0v) is 15.5. The molecule has 28 heavy (non-hydrogen) atoms. The normalized spacial score (nSPS) is 11.0. The lowest BCUT2D eigenvalue weighted by molar-refractivity contribution is 0.895. The monoisotopic (exact) mass is 385 g/mol. The van der Waals surface area contributed by atoms with E-state index in [0.717, 1.165) is 38.8 Å². The van der Waals surface area contributed by atoms with Crippen molar-refractivity contribution in [2.75, 3.05) is 5.32 Å². The van der Waals surface area contributed by atoms with Gasteiger partial charge in [0, 0.05) is 23.3 Å². The van der Waals surface area contributed by atoms with E-state index in [-0.39, 0.29) is 0 Å². The van der Waals surface area contributed by atoms with Crippen molar-refractivity contribution in [3.05, 3.63) is 78.5 Å². The van der Waals surface area contributed by atoms with Gasteiger partial charge in [0.05, 0.1) is 29.5 Å². The summed E-state index contributed by atoms with van der Waals surface area (Å²) in [5.74, 6) is 0.741. The van der Waals surface area contributed by atoms with Gasteiger partial charge in [-0.1, -0.05) is 18.2 Å². The maximum atomic E-state index is 4.69. The van der Waals surface area contributed by atoms with Crippen LogP contribution in [0.1, 0.15) is 5.69 Å². The largest absolute Gasteiger partial charge is 0.364 e. The highest BCUT2D eigenvalue weighted by molar-refractivity contribution is 7.13. The molecule has 0 amide bonds. The predicted octanol–water partition coefficient (Wildman–Crippen LogP) is 3.95. The highest BCUT2D eigenvalue weighted by Crippen LogP contribution is 2.25. The molecule has 4 aromatic heterocycles. The Morgan fingerprint density at radius 1 is 1.00 bits per heavy atom. The maximum absolute atomic E-state index is 4.69. The molecule has 0 aliphatic carbocycles. The lowest BCUT2D eigenvalue weighted by atomic mass is 10.3. The Labute approximate surface area is 164 Å². The summed E-state index contributed by atoms with van der Waals surface area (Å²) in [6.07, 6.45) is 6.89. The van der Waals surface area contributed by atoms with Crippen LogP contribution < -0.4 is 5.32 Å². The van der Waals surface area contributed by atoms with Crippen LogP contribution >= 0.6 is 11.3 Å². The van der Waals surface area contributed by atoms with Crippen LogP contribution in [0.3, 0.4) is 0 Å². The molecule has 0 atom stereocenters. The van der Waals surface area contributed by atoms with E-state index in [1.165, 1.54) is 0 Å². The molecule has 0 saturated carbocycles.